The van der Waals surface area contributed by atoms with Crippen molar-refractivity contribution in [3.63, 3.8) is 0 Å². The Morgan fingerprint density at radius 2 is 1.89 bits per heavy atom. The number of rotatable bonds is 9. The minimum absolute atomic E-state index is 0.127. The molecule has 1 aromatic rings. The van der Waals surface area contributed by atoms with Crippen LogP contribution >= 0.6 is 0 Å². The van der Waals surface area contributed by atoms with Crippen LogP contribution in [0.3, 0.4) is 0 Å². The molecule has 1 fully saturated rings. The summed E-state index contributed by atoms with van der Waals surface area (Å²) in [7, 11) is -1.07. The van der Waals surface area contributed by atoms with Crippen LogP contribution in [-0.4, -0.2) is 42.4 Å². The standard InChI is InChI=1S/C31H43BO6/c1-6-31(4,5)30(34)37-27-17-20(2)16-22-13-12-21(3)26(29(22)27)15-14-24-18-25(19-28(33)36-24)38-32(35)23-10-8-7-9-11-23/h7-13,16,20-21,24-27,29,35H,6,14-15,17-19H2,1-5H3/t20-,21-,24+,25+,26-,27-,29-/m0/s1. The topological polar surface area (TPSA) is 82.1 Å². The maximum atomic E-state index is 13.0. The predicted octanol–water partition coefficient (Wildman–Crippen LogP) is 5.00. The second kappa shape index (κ2) is 12.2. The Bertz CT molecular complexity index is 1030. The first-order chi connectivity index (χ1) is 18.1. The predicted molar refractivity (Wildman–Crippen MR) is 148 cm³/mol. The largest absolute Gasteiger partial charge is 0.491 e. The number of carbonyl (C=O) groups is 2. The van der Waals surface area contributed by atoms with Crippen molar-refractivity contribution in [1.82, 2.24) is 0 Å². The summed E-state index contributed by atoms with van der Waals surface area (Å²) in [5.74, 6) is 0.652. The van der Waals surface area contributed by atoms with Crippen molar-refractivity contribution >= 4 is 24.5 Å². The lowest BCUT2D eigenvalue weighted by molar-refractivity contribution is -0.165. The van der Waals surface area contributed by atoms with Gasteiger partial charge in [-0.05, 0) is 68.3 Å². The molecule has 0 aromatic heterocycles. The van der Waals surface area contributed by atoms with E-state index in [0.717, 1.165) is 19.3 Å². The molecule has 1 saturated heterocycles. The van der Waals surface area contributed by atoms with Gasteiger partial charge < -0.3 is 19.2 Å². The van der Waals surface area contributed by atoms with Crippen LogP contribution in [0.4, 0.5) is 0 Å². The third kappa shape index (κ3) is 6.79. The van der Waals surface area contributed by atoms with Crippen LogP contribution in [0, 0.1) is 29.1 Å². The molecule has 0 amide bonds. The van der Waals surface area contributed by atoms with Crippen LogP contribution in [0.2, 0.25) is 0 Å². The van der Waals surface area contributed by atoms with E-state index >= 15 is 0 Å². The molecule has 1 aromatic carbocycles. The van der Waals surface area contributed by atoms with E-state index in [1.165, 1.54) is 5.57 Å². The van der Waals surface area contributed by atoms with Crippen molar-refractivity contribution in [3.05, 3.63) is 54.1 Å². The maximum absolute atomic E-state index is 13.0. The first-order valence-corrected chi connectivity index (χ1v) is 14.3. The molecule has 2 aliphatic carbocycles. The van der Waals surface area contributed by atoms with Gasteiger partial charge in [0.15, 0.2) is 0 Å². The number of esters is 2. The number of carbonyl (C=O) groups excluding carboxylic acids is 2. The molecule has 4 rings (SSSR count). The maximum Gasteiger partial charge on any atom is 0.491 e. The third-order valence-electron chi connectivity index (χ3n) is 8.74. The molecule has 1 aliphatic heterocycles. The number of hydrogen-bond donors (Lipinski definition) is 1. The molecule has 1 N–H and O–H groups in total. The lowest BCUT2D eigenvalue weighted by Crippen LogP contribution is -2.44. The zero-order valence-corrected chi connectivity index (χ0v) is 23.5. The van der Waals surface area contributed by atoms with E-state index in [9.17, 15) is 14.6 Å². The Hall–Kier alpha value is -2.38. The van der Waals surface area contributed by atoms with E-state index in [1.54, 1.807) is 0 Å². The molecule has 6 nitrogen and oxygen atoms in total. The Balaban J connectivity index is 1.43. The molecule has 7 atom stereocenters. The van der Waals surface area contributed by atoms with Gasteiger partial charge in [0.25, 0.3) is 0 Å². The van der Waals surface area contributed by atoms with Gasteiger partial charge in [-0.3, -0.25) is 9.59 Å². The summed E-state index contributed by atoms with van der Waals surface area (Å²) in [6, 6.07) is 9.20. The van der Waals surface area contributed by atoms with Crippen LogP contribution in [0.1, 0.15) is 73.1 Å². The molecule has 1 heterocycles. The van der Waals surface area contributed by atoms with E-state index in [2.05, 4.69) is 32.1 Å². The lowest BCUT2D eigenvalue weighted by Gasteiger charge is -2.44. The Labute approximate surface area is 228 Å². The highest BCUT2D eigenvalue weighted by molar-refractivity contribution is 6.60. The van der Waals surface area contributed by atoms with Crippen molar-refractivity contribution in [1.29, 1.82) is 0 Å². The third-order valence-corrected chi connectivity index (χ3v) is 8.74. The first kappa shape index (κ1) is 28.6. The first-order valence-electron chi connectivity index (χ1n) is 14.3. The number of hydrogen-bond acceptors (Lipinski definition) is 6. The van der Waals surface area contributed by atoms with Crippen molar-refractivity contribution in [2.24, 2.45) is 29.1 Å². The molecular formula is C31H43BO6. The van der Waals surface area contributed by atoms with Crippen LogP contribution < -0.4 is 5.46 Å². The zero-order valence-electron chi connectivity index (χ0n) is 23.5. The fourth-order valence-electron chi connectivity index (χ4n) is 6.04. The molecule has 7 heteroatoms. The van der Waals surface area contributed by atoms with E-state index in [4.69, 9.17) is 14.1 Å². The Morgan fingerprint density at radius 1 is 1.16 bits per heavy atom. The normalized spacial score (nSPS) is 31.2. The van der Waals surface area contributed by atoms with Gasteiger partial charge in [-0.25, -0.2) is 0 Å². The summed E-state index contributed by atoms with van der Waals surface area (Å²) in [6.07, 6.45) is 9.78. The Morgan fingerprint density at radius 3 is 2.61 bits per heavy atom. The van der Waals surface area contributed by atoms with E-state index in [0.29, 0.717) is 30.1 Å². The number of allylic oxidation sites excluding steroid dienone is 3. The van der Waals surface area contributed by atoms with E-state index in [1.807, 2.05) is 51.1 Å². The fourth-order valence-corrected chi connectivity index (χ4v) is 6.04. The van der Waals surface area contributed by atoms with Crippen molar-refractivity contribution in [3.8, 4) is 0 Å². The fraction of sp³-hybridized carbons (Fsp3) is 0.613. The summed E-state index contributed by atoms with van der Waals surface area (Å²) >= 11 is 0. The molecule has 0 saturated carbocycles. The van der Waals surface area contributed by atoms with Crippen molar-refractivity contribution < 1.29 is 28.7 Å². The summed E-state index contributed by atoms with van der Waals surface area (Å²) in [5, 5.41) is 10.5. The minimum atomic E-state index is -1.07. The van der Waals surface area contributed by atoms with Crippen molar-refractivity contribution in [2.75, 3.05) is 0 Å². The highest BCUT2D eigenvalue weighted by Crippen LogP contribution is 2.45. The average Bonchev–Trinajstić information content (AvgIpc) is 2.88. The molecular weight excluding hydrogens is 479 g/mol. The minimum Gasteiger partial charge on any atom is -0.462 e. The highest BCUT2D eigenvalue weighted by Gasteiger charge is 2.43. The second-order valence-corrected chi connectivity index (χ2v) is 12.1. The van der Waals surface area contributed by atoms with E-state index in [-0.39, 0.29) is 42.4 Å². The molecule has 0 bridgehead atoms. The molecule has 0 unspecified atom stereocenters. The molecule has 3 aliphatic rings. The summed E-state index contributed by atoms with van der Waals surface area (Å²) < 4.78 is 17.8. The monoisotopic (exact) mass is 522 g/mol. The van der Waals surface area contributed by atoms with Crippen LogP contribution in [0.25, 0.3) is 0 Å². The SMILES string of the molecule is CCC(C)(C)C(=O)O[C@H]1C[C@@H](C)C=C2C=C[C@H](C)[C@H](CC[C@@H]3C[C@@H](OB(O)c4ccccc4)CC(=O)O3)[C@H]21. The molecule has 0 radical (unpaired) electrons. The van der Waals surface area contributed by atoms with Crippen molar-refractivity contribution in [2.45, 2.75) is 91.5 Å². The second-order valence-electron chi connectivity index (χ2n) is 12.1. The quantitative estimate of drug-likeness (QED) is 0.363. The van der Waals surface area contributed by atoms with Crippen LogP contribution in [0.5, 0.6) is 0 Å². The number of benzene rings is 1. The van der Waals surface area contributed by atoms with Crippen LogP contribution in [-0.2, 0) is 23.7 Å². The summed E-state index contributed by atoms with van der Waals surface area (Å²) in [6.45, 7) is 10.3. The van der Waals surface area contributed by atoms with Gasteiger partial charge in [-0.1, -0.05) is 69.3 Å². The van der Waals surface area contributed by atoms with Gasteiger partial charge in [0.05, 0.1) is 17.9 Å². The van der Waals surface area contributed by atoms with Gasteiger partial charge in [-0.2, -0.15) is 0 Å². The van der Waals surface area contributed by atoms with Gasteiger partial charge in [0.2, 0.25) is 0 Å². The smallest absolute Gasteiger partial charge is 0.462 e. The number of fused-ring (bicyclic) bond motifs is 1. The van der Waals surface area contributed by atoms with Gasteiger partial charge in [-0.15, -0.1) is 0 Å². The van der Waals surface area contributed by atoms with Gasteiger partial charge in [0, 0.05) is 12.3 Å². The van der Waals surface area contributed by atoms with Gasteiger partial charge >= 0.3 is 19.1 Å². The van der Waals surface area contributed by atoms with Crippen LogP contribution in [0.15, 0.2) is 54.1 Å². The molecule has 206 valence electrons. The lowest BCUT2D eigenvalue weighted by atomic mass is 9.65. The van der Waals surface area contributed by atoms with E-state index < -0.39 is 18.6 Å². The number of ether oxygens (including phenoxy) is 2. The summed E-state index contributed by atoms with van der Waals surface area (Å²) in [5.41, 5.74) is 1.42. The zero-order chi connectivity index (χ0) is 27.4. The summed E-state index contributed by atoms with van der Waals surface area (Å²) in [4.78, 5) is 25.5. The average molecular weight is 522 g/mol. The molecule has 38 heavy (non-hydrogen) atoms. The Kier molecular flexibility index (Phi) is 9.20. The molecule has 0 spiro atoms. The van der Waals surface area contributed by atoms with Gasteiger partial charge in [0.1, 0.15) is 12.2 Å². The number of cyclic esters (lactones) is 1. The highest BCUT2D eigenvalue weighted by atomic mass is 16.6.